The van der Waals surface area contributed by atoms with Crippen LogP contribution in [0.5, 0.6) is 0 Å². The van der Waals surface area contributed by atoms with Crippen LogP contribution in [0.3, 0.4) is 0 Å². The van der Waals surface area contributed by atoms with Crippen LogP contribution in [-0.4, -0.2) is 41.5 Å². The number of aliphatic hydroxyl groups is 1. The Kier molecular flexibility index (Phi) is 4.62. The molecule has 2 amide bonds. The molecular weight excluding hydrogens is 280 g/mol. The van der Waals surface area contributed by atoms with Gasteiger partial charge in [-0.1, -0.05) is 11.6 Å². The van der Waals surface area contributed by atoms with Crippen LogP contribution in [-0.2, 0) is 9.59 Å². The van der Waals surface area contributed by atoms with E-state index in [-0.39, 0.29) is 12.5 Å². The van der Waals surface area contributed by atoms with Crippen molar-refractivity contribution in [3.8, 4) is 0 Å². The maximum Gasteiger partial charge on any atom is 0.313 e. The lowest BCUT2D eigenvalue weighted by atomic mass is 10.1. The molecule has 1 aliphatic heterocycles. The number of hydrogen-bond donors (Lipinski definition) is 2. The van der Waals surface area contributed by atoms with E-state index >= 15 is 0 Å². The molecule has 1 unspecified atom stereocenters. The van der Waals surface area contributed by atoms with Crippen LogP contribution in [0.2, 0.25) is 5.02 Å². The fraction of sp³-hybridized carbons (Fsp3) is 0.429. The van der Waals surface area contributed by atoms with Crippen LogP contribution in [0.15, 0.2) is 18.2 Å². The van der Waals surface area contributed by atoms with Gasteiger partial charge in [0.1, 0.15) is 0 Å². The maximum atomic E-state index is 12.0. The minimum absolute atomic E-state index is 0.0433. The Labute approximate surface area is 122 Å². The second kappa shape index (κ2) is 6.24. The van der Waals surface area contributed by atoms with Crippen molar-refractivity contribution in [3.05, 3.63) is 28.8 Å². The van der Waals surface area contributed by atoms with Gasteiger partial charge in [0, 0.05) is 36.3 Å². The standard InChI is InChI=1S/C14H17ClN2O3/c1-9-6-11(15)2-3-12(9)16-13(19)14(20)17-5-4-10(7-17)8-18/h2-3,6,10,18H,4-5,7-8H2,1H3,(H,16,19). The average molecular weight is 297 g/mol. The van der Waals surface area contributed by atoms with E-state index in [1.54, 1.807) is 18.2 Å². The molecule has 108 valence electrons. The van der Waals surface area contributed by atoms with E-state index in [4.69, 9.17) is 16.7 Å². The summed E-state index contributed by atoms with van der Waals surface area (Å²) in [4.78, 5) is 25.4. The molecule has 20 heavy (non-hydrogen) atoms. The van der Waals surface area contributed by atoms with Crippen molar-refractivity contribution >= 4 is 29.1 Å². The molecule has 2 N–H and O–H groups in total. The number of likely N-dealkylation sites (tertiary alicyclic amines) is 1. The van der Waals surface area contributed by atoms with E-state index < -0.39 is 11.8 Å². The van der Waals surface area contributed by atoms with Crippen molar-refractivity contribution in [2.75, 3.05) is 25.0 Å². The molecule has 5 nitrogen and oxygen atoms in total. The number of anilines is 1. The number of rotatable bonds is 2. The van der Waals surface area contributed by atoms with Gasteiger partial charge in [-0.25, -0.2) is 0 Å². The van der Waals surface area contributed by atoms with E-state index in [1.165, 1.54) is 4.90 Å². The first-order chi connectivity index (χ1) is 9.51. The third kappa shape index (κ3) is 3.29. The zero-order valence-corrected chi connectivity index (χ0v) is 12.0. The van der Waals surface area contributed by atoms with Crippen molar-refractivity contribution in [2.45, 2.75) is 13.3 Å². The van der Waals surface area contributed by atoms with Gasteiger partial charge in [-0.3, -0.25) is 9.59 Å². The molecule has 1 aliphatic rings. The van der Waals surface area contributed by atoms with Gasteiger partial charge >= 0.3 is 11.8 Å². The summed E-state index contributed by atoms with van der Waals surface area (Å²) >= 11 is 5.84. The number of benzene rings is 1. The Morgan fingerprint density at radius 3 is 2.85 bits per heavy atom. The molecular formula is C14H17ClN2O3. The summed E-state index contributed by atoms with van der Waals surface area (Å²) in [6.45, 7) is 2.80. The van der Waals surface area contributed by atoms with E-state index in [2.05, 4.69) is 5.32 Å². The lowest BCUT2D eigenvalue weighted by Gasteiger charge is -2.16. The van der Waals surface area contributed by atoms with Crippen LogP contribution < -0.4 is 5.32 Å². The molecule has 1 heterocycles. The Bertz CT molecular complexity index is 533. The fourth-order valence-electron chi connectivity index (χ4n) is 2.25. The highest BCUT2D eigenvalue weighted by atomic mass is 35.5. The summed E-state index contributed by atoms with van der Waals surface area (Å²) in [5.41, 5.74) is 1.37. The number of amides is 2. The first-order valence-corrected chi connectivity index (χ1v) is 6.86. The lowest BCUT2D eigenvalue weighted by molar-refractivity contribution is -0.142. The number of hydrogen-bond acceptors (Lipinski definition) is 3. The normalized spacial score (nSPS) is 18.1. The molecule has 1 aromatic carbocycles. The molecule has 1 fully saturated rings. The zero-order valence-electron chi connectivity index (χ0n) is 11.2. The minimum atomic E-state index is -0.658. The number of aliphatic hydroxyl groups excluding tert-OH is 1. The topological polar surface area (TPSA) is 69.6 Å². The van der Waals surface area contributed by atoms with Crippen molar-refractivity contribution in [2.24, 2.45) is 5.92 Å². The Hall–Kier alpha value is -1.59. The first kappa shape index (κ1) is 14.8. The molecule has 0 bridgehead atoms. The van der Waals surface area contributed by atoms with Crippen molar-refractivity contribution < 1.29 is 14.7 Å². The highest BCUT2D eigenvalue weighted by Crippen LogP contribution is 2.20. The van der Waals surface area contributed by atoms with Gasteiger partial charge in [0.2, 0.25) is 0 Å². The molecule has 0 radical (unpaired) electrons. The fourth-order valence-corrected chi connectivity index (χ4v) is 2.48. The van der Waals surface area contributed by atoms with Crippen molar-refractivity contribution in [1.29, 1.82) is 0 Å². The third-order valence-electron chi connectivity index (χ3n) is 3.46. The Morgan fingerprint density at radius 1 is 1.50 bits per heavy atom. The van der Waals surface area contributed by atoms with Gasteiger partial charge in [-0.2, -0.15) is 0 Å². The molecule has 2 rings (SSSR count). The summed E-state index contributed by atoms with van der Waals surface area (Å²) in [7, 11) is 0. The van der Waals surface area contributed by atoms with E-state index in [0.29, 0.717) is 23.8 Å². The number of halogens is 1. The molecule has 0 aliphatic carbocycles. The Morgan fingerprint density at radius 2 is 2.25 bits per heavy atom. The number of carbonyl (C=O) groups excluding carboxylic acids is 2. The molecule has 0 aromatic heterocycles. The van der Waals surface area contributed by atoms with Crippen LogP contribution in [0.4, 0.5) is 5.69 Å². The Balaban J connectivity index is 1.99. The van der Waals surface area contributed by atoms with E-state index in [9.17, 15) is 9.59 Å². The van der Waals surface area contributed by atoms with Crippen LogP contribution >= 0.6 is 11.6 Å². The number of aryl methyl sites for hydroxylation is 1. The minimum Gasteiger partial charge on any atom is -0.396 e. The molecule has 1 saturated heterocycles. The highest BCUT2D eigenvalue weighted by molar-refractivity contribution is 6.39. The monoisotopic (exact) mass is 296 g/mol. The second-order valence-electron chi connectivity index (χ2n) is 5.00. The van der Waals surface area contributed by atoms with Gasteiger partial charge in [0.25, 0.3) is 0 Å². The second-order valence-corrected chi connectivity index (χ2v) is 5.44. The SMILES string of the molecule is Cc1cc(Cl)ccc1NC(=O)C(=O)N1CCC(CO)C1. The summed E-state index contributed by atoms with van der Waals surface area (Å²) < 4.78 is 0. The number of carbonyl (C=O) groups is 2. The predicted octanol–water partition coefficient (Wildman–Crippen LogP) is 1.43. The summed E-state index contributed by atoms with van der Waals surface area (Å²) in [5.74, 6) is -1.15. The molecule has 0 spiro atoms. The average Bonchev–Trinajstić information content (AvgIpc) is 2.89. The van der Waals surface area contributed by atoms with Crippen LogP contribution in [0, 0.1) is 12.8 Å². The van der Waals surface area contributed by atoms with Gasteiger partial charge < -0.3 is 15.3 Å². The van der Waals surface area contributed by atoms with Crippen molar-refractivity contribution in [1.82, 2.24) is 4.90 Å². The largest absolute Gasteiger partial charge is 0.396 e. The first-order valence-electron chi connectivity index (χ1n) is 6.48. The lowest BCUT2D eigenvalue weighted by Crippen LogP contribution is -2.38. The number of nitrogens with zero attached hydrogens (tertiary/aromatic N) is 1. The summed E-state index contributed by atoms with van der Waals surface area (Å²) in [6, 6.07) is 5.05. The zero-order chi connectivity index (χ0) is 14.7. The van der Waals surface area contributed by atoms with Gasteiger partial charge in [-0.15, -0.1) is 0 Å². The van der Waals surface area contributed by atoms with Crippen molar-refractivity contribution in [3.63, 3.8) is 0 Å². The van der Waals surface area contributed by atoms with Crippen LogP contribution in [0.25, 0.3) is 0 Å². The summed E-state index contributed by atoms with van der Waals surface area (Å²) in [6.07, 6.45) is 0.732. The molecule has 6 heteroatoms. The van der Waals surface area contributed by atoms with Gasteiger partial charge in [0.05, 0.1) is 0 Å². The quantitative estimate of drug-likeness (QED) is 0.811. The smallest absolute Gasteiger partial charge is 0.313 e. The van der Waals surface area contributed by atoms with Gasteiger partial charge in [0.15, 0.2) is 0 Å². The van der Waals surface area contributed by atoms with Crippen LogP contribution in [0.1, 0.15) is 12.0 Å². The maximum absolute atomic E-state index is 12.0. The predicted molar refractivity (Wildman–Crippen MR) is 76.6 cm³/mol. The summed E-state index contributed by atoms with van der Waals surface area (Å²) in [5, 5.41) is 12.2. The third-order valence-corrected chi connectivity index (χ3v) is 3.70. The molecule has 1 aromatic rings. The highest BCUT2D eigenvalue weighted by Gasteiger charge is 2.29. The number of nitrogens with one attached hydrogen (secondary N) is 1. The van der Waals surface area contributed by atoms with E-state index in [1.807, 2.05) is 6.92 Å². The van der Waals surface area contributed by atoms with E-state index in [0.717, 1.165) is 12.0 Å². The van der Waals surface area contributed by atoms with Gasteiger partial charge in [-0.05, 0) is 37.1 Å². The molecule has 1 atom stereocenters. The molecule has 0 saturated carbocycles.